The van der Waals surface area contributed by atoms with E-state index < -0.39 is 5.92 Å². The van der Waals surface area contributed by atoms with Crippen LogP contribution >= 0.6 is 15.9 Å². The zero-order valence-electron chi connectivity index (χ0n) is 11.0. The van der Waals surface area contributed by atoms with Gasteiger partial charge in [0.15, 0.2) is 0 Å². The van der Waals surface area contributed by atoms with Crippen molar-refractivity contribution in [1.82, 2.24) is 9.78 Å². The summed E-state index contributed by atoms with van der Waals surface area (Å²) in [6, 6.07) is 0. The fourth-order valence-electron chi connectivity index (χ4n) is 2.54. The molecule has 0 aliphatic heterocycles. The van der Waals surface area contributed by atoms with E-state index in [1.807, 2.05) is 6.92 Å². The number of hydrogen-bond acceptors (Lipinski definition) is 2. The number of carbonyl (C=O) groups is 1. The Morgan fingerprint density at radius 3 is 2.53 bits per heavy atom. The molecule has 0 atom stereocenters. The minimum absolute atomic E-state index is 0.0409. The van der Waals surface area contributed by atoms with Gasteiger partial charge in [-0.2, -0.15) is 5.10 Å². The molecule has 0 aromatic carbocycles. The quantitative estimate of drug-likeness (QED) is 0.848. The van der Waals surface area contributed by atoms with Gasteiger partial charge in [-0.25, -0.2) is 8.78 Å². The fraction of sp³-hybridized carbons (Fsp3) is 0.692. The number of aromatic nitrogens is 2. The first kappa shape index (κ1) is 14.6. The predicted molar refractivity (Wildman–Crippen MR) is 71.3 cm³/mol. The van der Waals surface area contributed by atoms with Gasteiger partial charge in [-0.05, 0) is 35.7 Å². The molecule has 1 aliphatic carbocycles. The maximum Gasteiger partial charge on any atom is 0.248 e. The smallest absolute Gasteiger partial charge is 0.248 e. The van der Waals surface area contributed by atoms with Crippen molar-refractivity contribution in [3.8, 4) is 0 Å². The lowest BCUT2D eigenvalue weighted by molar-refractivity contribution is -0.126. The van der Waals surface area contributed by atoms with Crippen LogP contribution in [-0.2, 0) is 18.3 Å². The van der Waals surface area contributed by atoms with Gasteiger partial charge in [0.05, 0.1) is 15.9 Å². The highest BCUT2D eigenvalue weighted by Crippen LogP contribution is 2.37. The van der Waals surface area contributed by atoms with E-state index in [-0.39, 0.29) is 31.0 Å². The van der Waals surface area contributed by atoms with E-state index in [0.717, 1.165) is 15.9 Å². The second-order valence-corrected chi connectivity index (χ2v) is 6.04. The van der Waals surface area contributed by atoms with Gasteiger partial charge in [0.1, 0.15) is 5.78 Å². The van der Waals surface area contributed by atoms with Crippen LogP contribution in [0.1, 0.15) is 37.1 Å². The summed E-state index contributed by atoms with van der Waals surface area (Å²) in [4.78, 5) is 12.2. The van der Waals surface area contributed by atoms with Crippen LogP contribution in [0.2, 0.25) is 0 Å². The summed E-state index contributed by atoms with van der Waals surface area (Å²) in [7, 11) is 1.79. The normalized spacial score (nSPS) is 19.6. The Morgan fingerprint density at radius 1 is 1.47 bits per heavy atom. The summed E-state index contributed by atoms with van der Waals surface area (Å²) in [6.45, 7) is 1.86. The number of Topliss-reactive ketones (excluding diaryl/α,β-unsaturated/α-hetero) is 1. The summed E-state index contributed by atoms with van der Waals surface area (Å²) in [5.74, 6) is -2.78. The number of ketones is 1. The van der Waals surface area contributed by atoms with Gasteiger partial charge in [0.25, 0.3) is 0 Å². The first-order valence-corrected chi connectivity index (χ1v) is 7.18. The molecule has 3 nitrogen and oxygen atoms in total. The molecule has 1 heterocycles. The molecule has 0 spiro atoms. The molecule has 2 rings (SSSR count). The maximum atomic E-state index is 13.1. The molecule has 19 heavy (non-hydrogen) atoms. The minimum Gasteiger partial charge on any atom is -0.299 e. The predicted octanol–water partition coefficient (Wildman–Crippen LogP) is 3.43. The Bertz CT molecular complexity index is 489. The molecule has 0 amide bonds. The number of alkyl halides is 2. The molecular formula is C13H17BrF2N2O. The second-order valence-electron chi connectivity index (χ2n) is 5.24. The number of halogens is 3. The number of rotatable bonds is 3. The average molecular weight is 335 g/mol. The summed E-state index contributed by atoms with van der Waals surface area (Å²) in [5, 5.41) is 4.23. The van der Waals surface area contributed by atoms with Crippen molar-refractivity contribution in [2.75, 3.05) is 0 Å². The summed E-state index contributed by atoms with van der Waals surface area (Å²) in [6.07, 6.45) is 0.499. The Balaban J connectivity index is 2.02. The first-order valence-electron chi connectivity index (χ1n) is 6.38. The third kappa shape index (κ3) is 3.22. The van der Waals surface area contributed by atoms with Crippen LogP contribution in [0.15, 0.2) is 4.47 Å². The van der Waals surface area contributed by atoms with Gasteiger partial charge in [0, 0.05) is 32.2 Å². The Labute approximate surface area is 119 Å². The van der Waals surface area contributed by atoms with Gasteiger partial charge in [-0.15, -0.1) is 0 Å². The summed E-state index contributed by atoms with van der Waals surface area (Å²) in [5.41, 5.74) is 1.65. The van der Waals surface area contributed by atoms with Gasteiger partial charge in [-0.1, -0.05) is 0 Å². The molecule has 1 aromatic heterocycles. The molecule has 0 bridgehead atoms. The van der Waals surface area contributed by atoms with Crippen LogP contribution in [0.25, 0.3) is 0 Å². The van der Waals surface area contributed by atoms with E-state index in [4.69, 9.17) is 0 Å². The van der Waals surface area contributed by atoms with Crippen molar-refractivity contribution in [3.63, 3.8) is 0 Å². The highest BCUT2D eigenvalue weighted by atomic mass is 79.9. The zero-order chi connectivity index (χ0) is 14.2. The zero-order valence-corrected chi connectivity index (χ0v) is 12.6. The van der Waals surface area contributed by atoms with Gasteiger partial charge >= 0.3 is 0 Å². The first-order chi connectivity index (χ1) is 8.80. The Kier molecular flexibility index (Phi) is 4.08. The van der Waals surface area contributed by atoms with E-state index in [1.54, 1.807) is 11.7 Å². The molecule has 0 unspecified atom stereocenters. The lowest BCUT2D eigenvalue weighted by Gasteiger charge is -2.27. The topological polar surface area (TPSA) is 34.9 Å². The highest BCUT2D eigenvalue weighted by Gasteiger charge is 2.37. The van der Waals surface area contributed by atoms with Crippen molar-refractivity contribution < 1.29 is 13.6 Å². The van der Waals surface area contributed by atoms with Crippen LogP contribution in [0, 0.1) is 12.8 Å². The fourth-order valence-corrected chi connectivity index (χ4v) is 3.02. The number of carbonyl (C=O) groups excluding carboxylic acids is 1. The highest BCUT2D eigenvalue weighted by molar-refractivity contribution is 9.10. The molecule has 1 aliphatic rings. The van der Waals surface area contributed by atoms with Crippen LogP contribution in [0.5, 0.6) is 0 Å². The van der Waals surface area contributed by atoms with Gasteiger partial charge in [0.2, 0.25) is 5.92 Å². The van der Waals surface area contributed by atoms with E-state index in [9.17, 15) is 13.6 Å². The van der Waals surface area contributed by atoms with E-state index in [1.165, 1.54) is 0 Å². The van der Waals surface area contributed by atoms with E-state index >= 15 is 0 Å². The molecule has 1 aromatic rings. The molecule has 0 radical (unpaired) electrons. The molecule has 1 fully saturated rings. The molecular weight excluding hydrogens is 318 g/mol. The molecule has 106 valence electrons. The van der Waals surface area contributed by atoms with Crippen molar-refractivity contribution in [3.05, 3.63) is 15.9 Å². The van der Waals surface area contributed by atoms with Crippen molar-refractivity contribution in [1.29, 1.82) is 0 Å². The Hall–Kier alpha value is -0.780. The van der Waals surface area contributed by atoms with Crippen molar-refractivity contribution in [2.24, 2.45) is 13.0 Å². The SMILES string of the molecule is Cc1nn(C)c(CC(=O)C2CCC(F)(F)CC2)c1Br. The van der Waals surface area contributed by atoms with Crippen LogP contribution < -0.4 is 0 Å². The third-order valence-electron chi connectivity index (χ3n) is 3.78. The molecule has 0 saturated heterocycles. The van der Waals surface area contributed by atoms with Crippen LogP contribution in [0.4, 0.5) is 8.78 Å². The average Bonchev–Trinajstić information content (AvgIpc) is 2.56. The monoisotopic (exact) mass is 334 g/mol. The lowest BCUT2D eigenvalue weighted by atomic mass is 9.83. The maximum absolute atomic E-state index is 13.1. The third-order valence-corrected chi connectivity index (χ3v) is 4.81. The molecule has 0 N–H and O–H groups in total. The summed E-state index contributed by atoms with van der Waals surface area (Å²) >= 11 is 3.42. The molecule has 6 heteroatoms. The van der Waals surface area contributed by atoms with Gasteiger partial charge < -0.3 is 0 Å². The minimum atomic E-state index is -2.58. The largest absolute Gasteiger partial charge is 0.299 e. The van der Waals surface area contributed by atoms with Crippen LogP contribution in [0.3, 0.4) is 0 Å². The number of hydrogen-bond donors (Lipinski definition) is 0. The van der Waals surface area contributed by atoms with Crippen LogP contribution in [-0.4, -0.2) is 21.5 Å². The standard InChI is InChI=1S/C13H17BrF2N2O/c1-8-12(14)10(18(2)17-8)7-11(19)9-3-5-13(15,16)6-4-9/h9H,3-7H2,1-2H3. The number of nitrogens with zero attached hydrogens (tertiary/aromatic N) is 2. The second kappa shape index (κ2) is 5.31. The Morgan fingerprint density at radius 2 is 2.05 bits per heavy atom. The van der Waals surface area contributed by atoms with Crippen molar-refractivity contribution in [2.45, 2.75) is 45.0 Å². The lowest BCUT2D eigenvalue weighted by Crippen LogP contribution is -2.29. The number of aryl methyl sites for hydroxylation is 2. The van der Waals surface area contributed by atoms with E-state index in [2.05, 4.69) is 21.0 Å². The van der Waals surface area contributed by atoms with Crippen molar-refractivity contribution >= 4 is 21.7 Å². The summed E-state index contributed by atoms with van der Waals surface area (Å²) < 4.78 is 28.6. The van der Waals surface area contributed by atoms with Gasteiger partial charge in [-0.3, -0.25) is 9.48 Å². The van der Waals surface area contributed by atoms with E-state index in [0.29, 0.717) is 12.8 Å². The molecule has 1 saturated carbocycles.